The van der Waals surface area contributed by atoms with Crippen molar-refractivity contribution in [3.8, 4) is 0 Å². The van der Waals surface area contributed by atoms with Crippen molar-refractivity contribution in [1.29, 1.82) is 0 Å². The highest BCUT2D eigenvalue weighted by atomic mass is 16.5. The van der Waals surface area contributed by atoms with E-state index >= 15 is 0 Å². The molecule has 1 aromatic rings. The molecule has 0 bridgehead atoms. The number of amides is 1. The van der Waals surface area contributed by atoms with Gasteiger partial charge in [-0.2, -0.15) is 0 Å². The molecule has 3 aliphatic rings. The van der Waals surface area contributed by atoms with E-state index in [1.165, 1.54) is 19.4 Å². The molecule has 3 fully saturated rings. The number of rotatable bonds is 4. The fraction of sp³-hybridized carbons (Fsp3) is 0.700. The van der Waals surface area contributed by atoms with Crippen molar-refractivity contribution in [2.45, 2.75) is 57.7 Å². The standard InChI is InChI=1S/C20H29N3O2/c1-15-3-2-4-17(21-15)14-23-19-7-10-22(18(19)5-6-20(23)24)13-16-8-11-25-12-9-16/h2-4,16,18-19H,5-14H2,1H3/t18-,19-/m1/s1. The van der Waals surface area contributed by atoms with Crippen LogP contribution in [0.5, 0.6) is 0 Å². The molecule has 0 radical (unpaired) electrons. The lowest BCUT2D eigenvalue weighted by Crippen LogP contribution is -2.52. The number of nitrogens with zero attached hydrogens (tertiary/aromatic N) is 3. The maximum absolute atomic E-state index is 12.6. The van der Waals surface area contributed by atoms with Crippen LogP contribution in [0.15, 0.2) is 18.2 Å². The van der Waals surface area contributed by atoms with E-state index in [0.717, 1.165) is 49.9 Å². The monoisotopic (exact) mass is 343 g/mol. The van der Waals surface area contributed by atoms with E-state index in [4.69, 9.17) is 4.74 Å². The summed E-state index contributed by atoms with van der Waals surface area (Å²) in [5.74, 6) is 1.06. The van der Waals surface area contributed by atoms with Crippen LogP contribution in [0.25, 0.3) is 0 Å². The van der Waals surface area contributed by atoms with Crippen LogP contribution in [0.1, 0.15) is 43.5 Å². The van der Waals surface area contributed by atoms with Gasteiger partial charge in [-0.1, -0.05) is 6.07 Å². The number of hydrogen-bond donors (Lipinski definition) is 0. The van der Waals surface area contributed by atoms with Gasteiger partial charge in [-0.25, -0.2) is 0 Å². The van der Waals surface area contributed by atoms with E-state index in [0.29, 0.717) is 31.0 Å². The highest BCUT2D eigenvalue weighted by Gasteiger charge is 2.43. The number of piperidine rings is 1. The minimum absolute atomic E-state index is 0.303. The number of likely N-dealkylation sites (tertiary alicyclic amines) is 2. The van der Waals surface area contributed by atoms with Crippen LogP contribution in [-0.4, -0.2) is 59.1 Å². The quantitative estimate of drug-likeness (QED) is 0.842. The average molecular weight is 343 g/mol. The molecule has 3 aliphatic heterocycles. The number of carbonyl (C=O) groups excluding carboxylic acids is 1. The van der Waals surface area contributed by atoms with Gasteiger partial charge in [0.2, 0.25) is 5.91 Å². The molecule has 5 heteroatoms. The maximum atomic E-state index is 12.6. The van der Waals surface area contributed by atoms with Crippen molar-refractivity contribution >= 4 is 5.91 Å². The van der Waals surface area contributed by atoms with E-state index in [1.807, 2.05) is 25.1 Å². The molecule has 4 heterocycles. The lowest BCUT2D eigenvalue weighted by molar-refractivity contribution is -0.138. The molecule has 1 aromatic heterocycles. The van der Waals surface area contributed by atoms with Crippen LogP contribution in [0.3, 0.4) is 0 Å². The van der Waals surface area contributed by atoms with Crippen LogP contribution in [0, 0.1) is 12.8 Å². The van der Waals surface area contributed by atoms with Gasteiger partial charge in [-0.3, -0.25) is 14.7 Å². The second-order valence-corrected chi connectivity index (χ2v) is 7.80. The molecule has 2 atom stereocenters. The minimum Gasteiger partial charge on any atom is -0.381 e. The largest absolute Gasteiger partial charge is 0.381 e. The summed E-state index contributed by atoms with van der Waals surface area (Å²) >= 11 is 0. The Hall–Kier alpha value is -1.46. The van der Waals surface area contributed by atoms with E-state index < -0.39 is 0 Å². The molecule has 0 aliphatic carbocycles. The van der Waals surface area contributed by atoms with Crippen molar-refractivity contribution in [1.82, 2.24) is 14.8 Å². The van der Waals surface area contributed by atoms with Gasteiger partial charge in [0.05, 0.1) is 12.2 Å². The van der Waals surface area contributed by atoms with Crippen LogP contribution in [0.2, 0.25) is 0 Å². The molecule has 3 saturated heterocycles. The van der Waals surface area contributed by atoms with Gasteiger partial charge in [-0.05, 0) is 50.7 Å². The second-order valence-electron chi connectivity index (χ2n) is 7.80. The zero-order valence-corrected chi connectivity index (χ0v) is 15.2. The van der Waals surface area contributed by atoms with Crippen LogP contribution < -0.4 is 0 Å². The maximum Gasteiger partial charge on any atom is 0.223 e. The number of pyridine rings is 1. The molecule has 0 N–H and O–H groups in total. The van der Waals surface area contributed by atoms with Gasteiger partial charge in [0.25, 0.3) is 0 Å². The fourth-order valence-electron chi connectivity index (χ4n) is 4.79. The van der Waals surface area contributed by atoms with Crippen molar-refractivity contribution in [3.05, 3.63) is 29.6 Å². The number of aryl methyl sites for hydroxylation is 1. The van der Waals surface area contributed by atoms with Crippen LogP contribution in [-0.2, 0) is 16.1 Å². The normalized spacial score (nSPS) is 28.4. The zero-order chi connectivity index (χ0) is 17.2. The van der Waals surface area contributed by atoms with E-state index in [2.05, 4.69) is 14.8 Å². The summed E-state index contributed by atoms with van der Waals surface area (Å²) in [6.45, 7) is 6.79. The summed E-state index contributed by atoms with van der Waals surface area (Å²) in [5, 5.41) is 0. The van der Waals surface area contributed by atoms with Gasteiger partial charge in [0, 0.05) is 50.5 Å². The lowest BCUT2D eigenvalue weighted by atomic mass is 9.94. The van der Waals surface area contributed by atoms with E-state index in [1.54, 1.807) is 0 Å². The van der Waals surface area contributed by atoms with Crippen molar-refractivity contribution in [2.75, 3.05) is 26.3 Å². The molecule has 136 valence electrons. The Morgan fingerprint density at radius 3 is 2.80 bits per heavy atom. The molecule has 0 unspecified atom stereocenters. The van der Waals surface area contributed by atoms with E-state index in [9.17, 15) is 4.79 Å². The first-order valence-electron chi connectivity index (χ1n) is 9.74. The predicted molar refractivity (Wildman–Crippen MR) is 96.1 cm³/mol. The predicted octanol–water partition coefficient (Wildman–Crippen LogP) is 2.38. The Morgan fingerprint density at radius 2 is 2.00 bits per heavy atom. The fourth-order valence-corrected chi connectivity index (χ4v) is 4.79. The van der Waals surface area contributed by atoms with Gasteiger partial charge >= 0.3 is 0 Å². The lowest BCUT2D eigenvalue weighted by Gasteiger charge is -2.40. The molecular formula is C20H29N3O2. The minimum atomic E-state index is 0.303. The Bertz CT molecular complexity index is 615. The van der Waals surface area contributed by atoms with Crippen molar-refractivity contribution in [3.63, 3.8) is 0 Å². The summed E-state index contributed by atoms with van der Waals surface area (Å²) < 4.78 is 5.50. The Balaban J connectivity index is 1.43. The molecule has 0 saturated carbocycles. The molecule has 4 rings (SSSR count). The zero-order valence-electron chi connectivity index (χ0n) is 15.2. The molecule has 1 amide bonds. The second kappa shape index (κ2) is 7.42. The molecule has 0 aromatic carbocycles. The number of aromatic nitrogens is 1. The summed E-state index contributed by atoms with van der Waals surface area (Å²) in [6, 6.07) is 6.98. The molecule has 25 heavy (non-hydrogen) atoms. The highest BCUT2D eigenvalue weighted by Crippen LogP contribution is 2.33. The summed E-state index contributed by atoms with van der Waals surface area (Å²) in [4.78, 5) is 22.0. The Kier molecular flexibility index (Phi) is 5.04. The van der Waals surface area contributed by atoms with Gasteiger partial charge in [-0.15, -0.1) is 0 Å². The van der Waals surface area contributed by atoms with Crippen LogP contribution >= 0.6 is 0 Å². The summed E-state index contributed by atoms with van der Waals surface area (Å²) in [5.41, 5.74) is 2.03. The SMILES string of the molecule is Cc1cccc(CN2C(=O)CC[C@@H]3[C@H]2CCN3CC2CCOCC2)n1. The smallest absolute Gasteiger partial charge is 0.223 e. The highest BCUT2D eigenvalue weighted by molar-refractivity contribution is 5.77. The number of ether oxygens (including phenoxy) is 1. The first-order chi connectivity index (χ1) is 12.2. The number of fused-ring (bicyclic) bond motifs is 1. The topological polar surface area (TPSA) is 45.7 Å². The number of hydrogen-bond acceptors (Lipinski definition) is 4. The Morgan fingerprint density at radius 1 is 1.16 bits per heavy atom. The van der Waals surface area contributed by atoms with Crippen molar-refractivity contribution in [2.24, 2.45) is 5.92 Å². The molecule has 5 nitrogen and oxygen atoms in total. The molecular weight excluding hydrogens is 314 g/mol. The third-order valence-electron chi connectivity index (χ3n) is 6.11. The van der Waals surface area contributed by atoms with E-state index in [-0.39, 0.29) is 0 Å². The summed E-state index contributed by atoms with van der Waals surface area (Å²) in [6.07, 6.45) is 5.17. The Labute approximate surface area is 150 Å². The first kappa shape index (κ1) is 17.0. The van der Waals surface area contributed by atoms with Gasteiger partial charge in [0.15, 0.2) is 0 Å². The van der Waals surface area contributed by atoms with Gasteiger partial charge < -0.3 is 9.64 Å². The number of carbonyl (C=O) groups is 1. The first-order valence-corrected chi connectivity index (χ1v) is 9.74. The van der Waals surface area contributed by atoms with Gasteiger partial charge in [0.1, 0.15) is 0 Å². The van der Waals surface area contributed by atoms with Crippen molar-refractivity contribution < 1.29 is 9.53 Å². The molecule has 0 spiro atoms. The third-order valence-corrected chi connectivity index (χ3v) is 6.11. The average Bonchev–Trinajstić information content (AvgIpc) is 3.01. The third kappa shape index (κ3) is 3.72. The van der Waals surface area contributed by atoms with Crippen LogP contribution in [0.4, 0.5) is 0 Å². The summed E-state index contributed by atoms with van der Waals surface area (Å²) in [7, 11) is 0.